The Morgan fingerprint density at radius 3 is 2.33 bits per heavy atom. The van der Waals surface area contributed by atoms with Crippen molar-refractivity contribution in [3.63, 3.8) is 0 Å². The lowest BCUT2D eigenvalue weighted by Crippen LogP contribution is -2.42. The number of nitrogens with one attached hydrogen (secondary N) is 5. The number of thiazole rings is 1. The van der Waals surface area contributed by atoms with E-state index in [1.165, 1.54) is 32.9 Å². The first-order valence-corrected chi connectivity index (χ1v) is 23.7. The van der Waals surface area contributed by atoms with E-state index in [4.69, 9.17) is 15.2 Å². The molecule has 2 heterocycles. The van der Waals surface area contributed by atoms with Crippen LogP contribution in [0.3, 0.4) is 0 Å². The number of primary amides is 1. The predicted octanol–water partition coefficient (Wildman–Crippen LogP) is 3.23. The SMILES string of the molecule is CC.CCCNC1CCc2nc(NC(=O)COCC(=O)NCCCCCCSC3CC(=O)N(CCC(=O)NCCC(C)(C)OCCC(C)(C)C(=O)NCC(N)=O)C3=O)sc2C1. The van der Waals surface area contributed by atoms with E-state index in [0.717, 1.165) is 69.4 Å². The van der Waals surface area contributed by atoms with Crippen LogP contribution in [0.25, 0.3) is 0 Å². The van der Waals surface area contributed by atoms with Crippen LogP contribution in [0.2, 0.25) is 0 Å². The average Bonchev–Trinajstić information content (AvgIpc) is 3.73. The van der Waals surface area contributed by atoms with Gasteiger partial charge in [0.05, 0.1) is 23.1 Å². The highest BCUT2D eigenvalue weighted by molar-refractivity contribution is 8.00. The van der Waals surface area contributed by atoms with Crippen LogP contribution < -0.4 is 32.3 Å². The zero-order valence-electron chi connectivity index (χ0n) is 37.5. The number of hydrogen-bond donors (Lipinski definition) is 6. The molecule has 0 radical (unpaired) electrons. The molecule has 1 aromatic heterocycles. The Hall–Kier alpha value is -3.65. The van der Waals surface area contributed by atoms with Crippen LogP contribution in [-0.2, 0) is 55.9 Å². The smallest absolute Gasteiger partial charge is 0.252 e. The zero-order chi connectivity index (χ0) is 45.4. The molecule has 3 rings (SSSR count). The topological polar surface area (TPSA) is 240 Å². The number of ether oxygens (including phenoxy) is 2. The molecule has 0 spiro atoms. The summed E-state index contributed by atoms with van der Waals surface area (Å²) in [5.74, 6) is -1.61. The normalized spacial score (nSPS) is 16.3. The van der Waals surface area contributed by atoms with Crippen LogP contribution in [0.5, 0.6) is 0 Å². The lowest BCUT2D eigenvalue weighted by atomic mass is 9.88. The average molecular weight is 897 g/mol. The highest BCUT2D eigenvalue weighted by Gasteiger charge is 2.38. The van der Waals surface area contributed by atoms with Crippen LogP contribution in [0, 0.1) is 5.41 Å². The molecule has 0 aromatic carbocycles. The predicted molar refractivity (Wildman–Crippen MR) is 239 cm³/mol. The number of rotatable bonds is 29. The molecule has 2 aliphatic rings. The molecule has 2 atom stereocenters. The first kappa shape index (κ1) is 53.5. The maximum absolute atomic E-state index is 12.9. The first-order chi connectivity index (χ1) is 29.0. The van der Waals surface area contributed by atoms with E-state index in [1.54, 1.807) is 13.8 Å². The van der Waals surface area contributed by atoms with Crippen molar-refractivity contribution in [2.45, 2.75) is 142 Å². The number of unbranched alkanes of at least 4 members (excludes halogenated alkanes) is 3. The number of carbonyl (C=O) groups is 7. The Morgan fingerprint density at radius 2 is 1.61 bits per heavy atom. The molecule has 1 aromatic rings. The third-order valence-corrected chi connectivity index (χ3v) is 12.5. The van der Waals surface area contributed by atoms with E-state index in [2.05, 4.69) is 38.5 Å². The third-order valence-electron chi connectivity index (χ3n) is 10.1. The summed E-state index contributed by atoms with van der Waals surface area (Å²) in [5.41, 5.74) is 4.81. The van der Waals surface area contributed by atoms with Gasteiger partial charge in [-0.15, -0.1) is 23.1 Å². The Morgan fingerprint density at radius 1 is 0.902 bits per heavy atom. The van der Waals surface area contributed by atoms with Gasteiger partial charge < -0.3 is 36.5 Å². The molecule has 7 N–H and O–H groups in total. The van der Waals surface area contributed by atoms with Gasteiger partial charge in [-0.2, -0.15) is 0 Å². The van der Waals surface area contributed by atoms with Crippen LogP contribution in [0.4, 0.5) is 5.13 Å². The number of hydrogen-bond acceptors (Lipinski definition) is 13. The minimum absolute atomic E-state index is 0.00941. The Bertz CT molecular complexity index is 1590. The van der Waals surface area contributed by atoms with Gasteiger partial charge in [0.15, 0.2) is 5.13 Å². The maximum atomic E-state index is 12.9. The van der Waals surface area contributed by atoms with Gasteiger partial charge in [-0.05, 0) is 77.5 Å². The molecule has 346 valence electrons. The standard InChI is InChI=1S/C40H66N8O9S2.C2H6/c1-6-16-42-27-11-12-28-29(22-27)59-38(46-28)47-34(52)26-56-25-33(51)43-17-9-7-8-10-21-58-30-23-35(53)48(36(30)54)19-13-32(50)44-18-14-40(4,5)57-20-15-39(2,3)37(55)45-24-31(41)49;1-2/h27,30,42H,6-26H2,1-5H3,(H2,41,49)(H,43,51)(H,44,50)(H,45,55)(H,46,47,52);1-2H3. The van der Waals surface area contributed by atoms with Gasteiger partial charge in [-0.1, -0.05) is 47.5 Å². The summed E-state index contributed by atoms with van der Waals surface area (Å²) in [5, 5.41) is 14.6. The Balaban J connectivity index is 0.00000631. The van der Waals surface area contributed by atoms with Crippen molar-refractivity contribution in [3.05, 3.63) is 10.6 Å². The van der Waals surface area contributed by atoms with Gasteiger partial charge in [0.1, 0.15) is 13.2 Å². The van der Waals surface area contributed by atoms with Crippen molar-refractivity contribution in [2.75, 3.05) is 63.6 Å². The van der Waals surface area contributed by atoms with E-state index in [-0.39, 0.29) is 74.6 Å². The Labute approximate surface area is 370 Å². The van der Waals surface area contributed by atoms with E-state index in [0.29, 0.717) is 43.7 Å². The number of imide groups is 1. The molecule has 2 unspecified atom stereocenters. The number of fused-ring (bicyclic) bond motifs is 1. The molecule has 1 saturated heterocycles. The molecule has 19 heteroatoms. The van der Waals surface area contributed by atoms with Gasteiger partial charge in [-0.25, -0.2) is 4.98 Å². The van der Waals surface area contributed by atoms with Gasteiger partial charge in [0.2, 0.25) is 35.4 Å². The third kappa shape index (κ3) is 20.8. The molecular formula is C42H72N8O9S2. The Kier molecular flexibility index (Phi) is 24.7. The first-order valence-electron chi connectivity index (χ1n) is 21.8. The van der Waals surface area contributed by atoms with Crippen LogP contribution in [-0.4, -0.2) is 126 Å². The van der Waals surface area contributed by atoms with Crippen LogP contribution in [0.1, 0.15) is 123 Å². The lowest BCUT2D eigenvalue weighted by molar-refractivity contribution is -0.139. The molecule has 7 amide bonds. The van der Waals surface area contributed by atoms with E-state index >= 15 is 0 Å². The van der Waals surface area contributed by atoms with E-state index in [1.807, 2.05) is 27.7 Å². The second-order valence-corrected chi connectivity index (χ2v) is 18.7. The number of anilines is 1. The number of carbonyl (C=O) groups excluding carboxylic acids is 7. The molecule has 61 heavy (non-hydrogen) atoms. The summed E-state index contributed by atoms with van der Waals surface area (Å²) < 4.78 is 11.3. The summed E-state index contributed by atoms with van der Waals surface area (Å²) in [6.45, 7) is 14.9. The summed E-state index contributed by atoms with van der Waals surface area (Å²) >= 11 is 2.96. The van der Waals surface area contributed by atoms with Gasteiger partial charge in [-0.3, -0.25) is 43.8 Å². The summed E-state index contributed by atoms with van der Waals surface area (Å²) in [4.78, 5) is 92.7. The fourth-order valence-electron chi connectivity index (χ4n) is 6.43. The second kappa shape index (κ2) is 28.1. The summed E-state index contributed by atoms with van der Waals surface area (Å²) in [6, 6.07) is 0.446. The fourth-order valence-corrected chi connectivity index (χ4v) is 8.72. The fraction of sp³-hybridized carbons (Fsp3) is 0.762. The van der Waals surface area contributed by atoms with E-state index < -0.39 is 22.2 Å². The van der Waals surface area contributed by atoms with Crippen LogP contribution in [0.15, 0.2) is 0 Å². The van der Waals surface area contributed by atoms with Crippen molar-refractivity contribution >= 4 is 69.6 Å². The quantitative estimate of drug-likeness (QED) is 0.0502. The monoisotopic (exact) mass is 896 g/mol. The molecule has 0 bridgehead atoms. The molecule has 1 aliphatic carbocycles. The van der Waals surface area contributed by atoms with Crippen LogP contribution >= 0.6 is 23.1 Å². The molecule has 17 nitrogen and oxygen atoms in total. The number of thioether (sulfide) groups is 1. The minimum atomic E-state index is -0.758. The van der Waals surface area contributed by atoms with Crippen molar-refractivity contribution < 1.29 is 43.0 Å². The highest BCUT2D eigenvalue weighted by Crippen LogP contribution is 2.30. The zero-order valence-corrected chi connectivity index (χ0v) is 39.1. The number of aromatic nitrogens is 1. The number of nitrogens with two attached hydrogens (primary N) is 1. The van der Waals surface area contributed by atoms with Crippen molar-refractivity contribution in [3.8, 4) is 0 Å². The lowest BCUT2D eigenvalue weighted by Gasteiger charge is -2.29. The highest BCUT2D eigenvalue weighted by atomic mass is 32.2. The summed E-state index contributed by atoms with van der Waals surface area (Å²) in [6.07, 6.45) is 8.43. The largest absolute Gasteiger partial charge is 0.375 e. The van der Waals surface area contributed by atoms with Gasteiger partial charge >= 0.3 is 0 Å². The summed E-state index contributed by atoms with van der Waals surface area (Å²) in [7, 11) is 0. The molecule has 1 fully saturated rings. The van der Waals surface area contributed by atoms with Crippen molar-refractivity contribution in [1.29, 1.82) is 0 Å². The van der Waals surface area contributed by atoms with Gasteiger partial charge in [0, 0.05) is 55.4 Å². The number of aryl methyl sites for hydroxylation is 1. The minimum Gasteiger partial charge on any atom is -0.375 e. The molecule has 0 saturated carbocycles. The van der Waals surface area contributed by atoms with Crippen molar-refractivity contribution in [1.82, 2.24) is 31.2 Å². The van der Waals surface area contributed by atoms with Crippen molar-refractivity contribution in [2.24, 2.45) is 11.1 Å². The van der Waals surface area contributed by atoms with Gasteiger partial charge in [0.25, 0.3) is 5.91 Å². The number of likely N-dealkylation sites (tertiary alicyclic amines) is 1. The molecular weight excluding hydrogens is 825 g/mol. The number of nitrogens with zero attached hydrogens (tertiary/aromatic N) is 2. The van der Waals surface area contributed by atoms with E-state index in [9.17, 15) is 33.6 Å². The second-order valence-electron chi connectivity index (χ2n) is 16.3. The number of amides is 7. The maximum Gasteiger partial charge on any atom is 0.252 e. The molecule has 1 aliphatic heterocycles.